The molecule has 108 valence electrons. The van der Waals surface area contributed by atoms with Gasteiger partial charge in [0.05, 0.1) is 7.11 Å². The van der Waals surface area contributed by atoms with Crippen LogP contribution in [0.2, 0.25) is 0 Å². The summed E-state index contributed by atoms with van der Waals surface area (Å²) in [6.45, 7) is 4.31. The molecule has 0 radical (unpaired) electrons. The topological polar surface area (TPSA) is 38.3 Å². The van der Waals surface area contributed by atoms with Crippen LogP contribution in [0.1, 0.15) is 38.3 Å². The molecule has 0 aliphatic heterocycles. The van der Waals surface area contributed by atoms with Crippen molar-refractivity contribution in [2.75, 3.05) is 19.1 Å². The second kappa shape index (κ2) is 8.33. The van der Waals surface area contributed by atoms with Gasteiger partial charge in [0, 0.05) is 40.5 Å². The molecule has 0 heterocycles. The van der Waals surface area contributed by atoms with Gasteiger partial charge < -0.3 is 10.1 Å². The van der Waals surface area contributed by atoms with Crippen LogP contribution in [-0.4, -0.2) is 29.4 Å². The van der Waals surface area contributed by atoms with Crippen molar-refractivity contribution in [1.29, 1.82) is 0 Å². The third-order valence-corrected chi connectivity index (χ3v) is 4.06. The van der Waals surface area contributed by atoms with Crippen molar-refractivity contribution in [1.82, 2.24) is 5.32 Å². The first-order chi connectivity index (χ1) is 9.08. The summed E-state index contributed by atoms with van der Waals surface area (Å²) in [5, 5.41) is 3.60. The van der Waals surface area contributed by atoms with Gasteiger partial charge in [0.15, 0.2) is 0 Å². The first-order valence-corrected chi connectivity index (χ1v) is 8.50. The van der Waals surface area contributed by atoms with E-state index in [4.69, 9.17) is 4.74 Å². The van der Waals surface area contributed by atoms with Crippen molar-refractivity contribution < 1.29 is 8.95 Å². The molecule has 3 atom stereocenters. The van der Waals surface area contributed by atoms with Gasteiger partial charge in [-0.15, -0.1) is 0 Å². The monoisotopic (exact) mass is 283 g/mol. The average molecular weight is 283 g/mol. The number of benzene rings is 1. The second-order valence-corrected chi connectivity index (χ2v) is 6.39. The lowest BCUT2D eigenvalue weighted by Crippen LogP contribution is -2.31. The van der Waals surface area contributed by atoms with Crippen LogP contribution in [0.3, 0.4) is 0 Å². The molecule has 0 bridgehead atoms. The molecule has 0 spiro atoms. The van der Waals surface area contributed by atoms with Gasteiger partial charge in [-0.3, -0.25) is 4.21 Å². The minimum Gasteiger partial charge on any atom is -0.496 e. The van der Waals surface area contributed by atoms with Gasteiger partial charge in [-0.1, -0.05) is 25.1 Å². The molecule has 3 nitrogen and oxygen atoms in total. The molecule has 0 saturated heterocycles. The Balaban J connectivity index is 2.69. The van der Waals surface area contributed by atoms with E-state index in [1.165, 1.54) is 5.56 Å². The minimum atomic E-state index is -0.718. The molecule has 1 aromatic carbocycles. The molecule has 0 amide bonds. The third-order valence-electron chi connectivity index (χ3n) is 3.25. The first kappa shape index (κ1) is 16.2. The maximum Gasteiger partial charge on any atom is 0.123 e. The highest BCUT2D eigenvalue weighted by atomic mass is 32.2. The number of methoxy groups -OCH3 is 1. The molecule has 0 fully saturated rings. The number of ether oxygens (including phenoxy) is 1. The summed E-state index contributed by atoms with van der Waals surface area (Å²) < 4.78 is 16.6. The quantitative estimate of drug-likeness (QED) is 0.797. The van der Waals surface area contributed by atoms with Gasteiger partial charge >= 0.3 is 0 Å². The molecule has 19 heavy (non-hydrogen) atoms. The Morgan fingerprint density at radius 2 is 2.05 bits per heavy atom. The maximum atomic E-state index is 11.1. The lowest BCUT2D eigenvalue weighted by atomic mass is 10.0. The van der Waals surface area contributed by atoms with Crippen molar-refractivity contribution in [2.45, 2.75) is 38.8 Å². The molecule has 0 aromatic heterocycles. The summed E-state index contributed by atoms with van der Waals surface area (Å²) in [6, 6.07) is 8.73. The van der Waals surface area contributed by atoms with E-state index >= 15 is 0 Å². The fourth-order valence-corrected chi connectivity index (χ4v) is 2.84. The standard InChI is InChI=1S/C15H25NO2S/c1-5-14(16-12(2)10-11-19(4)17)13-8-6-7-9-15(13)18-3/h6-9,12,14,16H,5,10-11H2,1-4H3. The molecule has 0 aliphatic carbocycles. The van der Waals surface area contributed by atoms with Crippen LogP contribution < -0.4 is 10.1 Å². The van der Waals surface area contributed by atoms with E-state index < -0.39 is 10.8 Å². The molecule has 0 saturated carbocycles. The van der Waals surface area contributed by atoms with E-state index in [1.807, 2.05) is 18.2 Å². The highest BCUT2D eigenvalue weighted by Crippen LogP contribution is 2.27. The maximum absolute atomic E-state index is 11.1. The average Bonchev–Trinajstić information content (AvgIpc) is 2.42. The first-order valence-electron chi connectivity index (χ1n) is 6.77. The van der Waals surface area contributed by atoms with Gasteiger partial charge in [0.1, 0.15) is 5.75 Å². The summed E-state index contributed by atoms with van der Waals surface area (Å²) in [6.07, 6.45) is 3.68. The molecule has 1 rings (SSSR count). The Kier molecular flexibility index (Phi) is 7.10. The summed E-state index contributed by atoms with van der Waals surface area (Å²) in [4.78, 5) is 0. The van der Waals surface area contributed by atoms with E-state index in [2.05, 4.69) is 25.2 Å². The van der Waals surface area contributed by atoms with E-state index in [-0.39, 0.29) is 6.04 Å². The predicted molar refractivity (Wildman–Crippen MR) is 82.2 cm³/mol. The lowest BCUT2D eigenvalue weighted by Gasteiger charge is -2.24. The fraction of sp³-hybridized carbons (Fsp3) is 0.600. The van der Waals surface area contributed by atoms with Gasteiger partial charge in [-0.2, -0.15) is 0 Å². The zero-order valence-corrected chi connectivity index (χ0v) is 13.1. The van der Waals surface area contributed by atoms with E-state index in [0.29, 0.717) is 6.04 Å². The molecular weight excluding hydrogens is 258 g/mol. The Hall–Kier alpha value is -0.870. The summed E-state index contributed by atoms with van der Waals surface area (Å²) >= 11 is 0. The Bertz CT molecular complexity index is 409. The Morgan fingerprint density at radius 3 is 2.63 bits per heavy atom. The molecule has 4 heteroatoms. The number of para-hydroxylation sites is 1. The van der Waals surface area contributed by atoms with Gasteiger partial charge in [0.2, 0.25) is 0 Å². The van der Waals surface area contributed by atoms with Crippen molar-refractivity contribution in [3.05, 3.63) is 29.8 Å². The van der Waals surface area contributed by atoms with Gasteiger partial charge in [0.25, 0.3) is 0 Å². The van der Waals surface area contributed by atoms with Crippen molar-refractivity contribution >= 4 is 10.8 Å². The normalized spacial score (nSPS) is 15.8. The number of nitrogens with one attached hydrogen (secondary N) is 1. The minimum absolute atomic E-state index is 0.274. The molecule has 0 aliphatic rings. The Morgan fingerprint density at radius 1 is 1.37 bits per heavy atom. The summed E-state index contributed by atoms with van der Waals surface area (Å²) in [5.74, 6) is 1.67. The SMILES string of the molecule is CCC(NC(C)CCS(C)=O)c1ccccc1OC. The zero-order chi connectivity index (χ0) is 14.3. The van der Waals surface area contributed by atoms with E-state index in [1.54, 1.807) is 13.4 Å². The fourth-order valence-electron chi connectivity index (χ4n) is 2.15. The van der Waals surface area contributed by atoms with Crippen LogP contribution in [0.5, 0.6) is 5.75 Å². The zero-order valence-electron chi connectivity index (χ0n) is 12.3. The van der Waals surface area contributed by atoms with Crippen LogP contribution in [0, 0.1) is 0 Å². The molecule has 3 unspecified atom stereocenters. The van der Waals surface area contributed by atoms with Crippen molar-refractivity contribution in [3.63, 3.8) is 0 Å². The number of hydrogen-bond donors (Lipinski definition) is 1. The largest absolute Gasteiger partial charge is 0.496 e. The summed E-state index contributed by atoms with van der Waals surface area (Å²) in [5.41, 5.74) is 1.19. The highest BCUT2D eigenvalue weighted by Gasteiger charge is 2.16. The summed E-state index contributed by atoms with van der Waals surface area (Å²) in [7, 11) is 0.985. The van der Waals surface area contributed by atoms with Gasteiger partial charge in [-0.05, 0) is 25.8 Å². The smallest absolute Gasteiger partial charge is 0.123 e. The second-order valence-electron chi connectivity index (χ2n) is 4.84. The van der Waals surface area contributed by atoms with Crippen LogP contribution in [0.15, 0.2) is 24.3 Å². The molecule has 1 N–H and O–H groups in total. The third kappa shape index (κ3) is 5.33. The predicted octanol–water partition coefficient (Wildman–Crippen LogP) is 2.89. The number of rotatable bonds is 8. The molecular formula is C15H25NO2S. The van der Waals surface area contributed by atoms with Gasteiger partial charge in [-0.25, -0.2) is 0 Å². The van der Waals surface area contributed by atoms with Crippen LogP contribution >= 0.6 is 0 Å². The Labute approximate surface area is 119 Å². The van der Waals surface area contributed by atoms with Crippen LogP contribution in [0.4, 0.5) is 0 Å². The lowest BCUT2D eigenvalue weighted by molar-refractivity contribution is 0.385. The van der Waals surface area contributed by atoms with Crippen molar-refractivity contribution in [3.8, 4) is 5.75 Å². The van der Waals surface area contributed by atoms with E-state index in [0.717, 1.165) is 24.3 Å². The van der Waals surface area contributed by atoms with Crippen LogP contribution in [-0.2, 0) is 10.8 Å². The van der Waals surface area contributed by atoms with Crippen LogP contribution in [0.25, 0.3) is 0 Å². The molecule has 1 aromatic rings. The highest BCUT2D eigenvalue weighted by molar-refractivity contribution is 7.84. The number of hydrogen-bond acceptors (Lipinski definition) is 3. The van der Waals surface area contributed by atoms with E-state index in [9.17, 15) is 4.21 Å². The van der Waals surface area contributed by atoms with Crippen molar-refractivity contribution in [2.24, 2.45) is 0 Å².